The number of para-hydroxylation sites is 2. The highest BCUT2D eigenvalue weighted by Crippen LogP contribution is 2.24. The van der Waals surface area contributed by atoms with Crippen LogP contribution < -0.4 is 0 Å². The number of carbonyl (C=O) groups excluding carboxylic acids is 1. The van der Waals surface area contributed by atoms with Crippen molar-refractivity contribution in [2.75, 3.05) is 0 Å². The maximum Gasteiger partial charge on any atom is 0.377 e. The molecular formula is C15H11NO3S. The lowest BCUT2D eigenvalue weighted by atomic mass is 10.2. The number of ether oxygens (including phenoxy) is 1. The van der Waals surface area contributed by atoms with Crippen LogP contribution in [0.3, 0.4) is 0 Å². The summed E-state index contributed by atoms with van der Waals surface area (Å²) < 4.78 is 10.6. The van der Waals surface area contributed by atoms with E-state index in [0.29, 0.717) is 10.8 Å². The molecule has 0 saturated carbocycles. The Morgan fingerprint density at radius 1 is 1.10 bits per heavy atom. The van der Waals surface area contributed by atoms with Crippen LogP contribution in [0.4, 0.5) is 4.79 Å². The van der Waals surface area contributed by atoms with Crippen LogP contribution in [0, 0.1) is 0 Å². The van der Waals surface area contributed by atoms with E-state index >= 15 is 0 Å². The Bertz CT molecular complexity index is 691. The molecule has 0 bridgehead atoms. The van der Waals surface area contributed by atoms with Gasteiger partial charge in [0.25, 0.3) is 5.22 Å². The largest absolute Gasteiger partial charge is 0.452 e. The Balaban J connectivity index is 1.61. The van der Waals surface area contributed by atoms with Gasteiger partial charge in [-0.05, 0) is 17.7 Å². The second-order valence-corrected chi connectivity index (χ2v) is 4.96. The third kappa shape index (κ3) is 3.00. The third-order valence-electron chi connectivity index (χ3n) is 2.64. The molecule has 4 nitrogen and oxygen atoms in total. The van der Waals surface area contributed by atoms with E-state index in [9.17, 15) is 4.79 Å². The zero-order chi connectivity index (χ0) is 13.8. The van der Waals surface area contributed by atoms with E-state index in [-0.39, 0.29) is 6.61 Å². The summed E-state index contributed by atoms with van der Waals surface area (Å²) in [6.45, 7) is 0.243. The Morgan fingerprint density at radius 3 is 2.65 bits per heavy atom. The van der Waals surface area contributed by atoms with Crippen molar-refractivity contribution in [1.29, 1.82) is 0 Å². The van der Waals surface area contributed by atoms with Crippen molar-refractivity contribution >= 4 is 28.2 Å². The second kappa shape index (κ2) is 5.79. The third-order valence-corrected chi connectivity index (χ3v) is 3.28. The highest BCUT2D eigenvalue weighted by molar-refractivity contribution is 8.13. The fraction of sp³-hybridized carbons (Fsp3) is 0.0667. The molecule has 0 aliphatic heterocycles. The van der Waals surface area contributed by atoms with Crippen LogP contribution in [0.2, 0.25) is 0 Å². The lowest BCUT2D eigenvalue weighted by Crippen LogP contribution is -1.97. The van der Waals surface area contributed by atoms with Gasteiger partial charge in [0.2, 0.25) is 0 Å². The van der Waals surface area contributed by atoms with Gasteiger partial charge in [-0.3, -0.25) is 0 Å². The standard InChI is InChI=1S/C15H11NO3S/c17-15(18-10-11-6-2-1-3-7-11)20-14-16-12-8-4-5-9-13(12)19-14/h1-9H,10H2. The maximum atomic E-state index is 11.7. The molecule has 0 fully saturated rings. The van der Waals surface area contributed by atoms with Gasteiger partial charge in [-0.25, -0.2) is 9.78 Å². The van der Waals surface area contributed by atoms with Gasteiger partial charge < -0.3 is 9.15 Å². The van der Waals surface area contributed by atoms with Gasteiger partial charge in [0.05, 0.1) is 11.8 Å². The van der Waals surface area contributed by atoms with Gasteiger partial charge in [-0.2, -0.15) is 0 Å². The van der Waals surface area contributed by atoms with Gasteiger partial charge >= 0.3 is 5.30 Å². The molecule has 3 rings (SSSR count). The molecule has 0 aliphatic rings. The number of thioether (sulfide) groups is 1. The van der Waals surface area contributed by atoms with Gasteiger partial charge in [0.15, 0.2) is 5.58 Å². The average Bonchev–Trinajstić information content (AvgIpc) is 2.88. The Kier molecular flexibility index (Phi) is 3.69. The second-order valence-electron chi connectivity index (χ2n) is 4.07. The van der Waals surface area contributed by atoms with Gasteiger partial charge in [0.1, 0.15) is 12.1 Å². The number of aromatic nitrogens is 1. The van der Waals surface area contributed by atoms with Gasteiger partial charge in [-0.1, -0.05) is 42.5 Å². The molecule has 3 aromatic rings. The molecule has 0 radical (unpaired) electrons. The number of hydrogen-bond acceptors (Lipinski definition) is 5. The predicted molar refractivity (Wildman–Crippen MR) is 76.5 cm³/mol. The highest BCUT2D eigenvalue weighted by Gasteiger charge is 2.12. The Morgan fingerprint density at radius 2 is 1.85 bits per heavy atom. The van der Waals surface area contributed by atoms with E-state index < -0.39 is 5.30 Å². The van der Waals surface area contributed by atoms with Gasteiger partial charge in [-0.15, -0.1) is 0 Å². The molecule has 5 heteroatoms. The molecule has 0 saturated heterocycles. The monoisotopic (exact) mass is 285 g/mol. The lowest BCUT2D eigenvalue weighted by Gasteiger charge is -2.02. The minimum Gasteiger partial charge on any atom is -0.452 e. The number of hydrogen-bond donors (Lipinski definition) is 0. The van der Waals surface area contributed by atoms with Crippen molar-refractivity contribution in [2.45, 2.75) is 11.8 Å². The maximum absolute atomic E-state index is 11.7. The first-order valence-corrected chi connectivity index (χ1v) is 6.87. The van der Waals surface area contributed by atoms with Gasteiger partial charge in [0, 0.05) is 0 Å². The zero-order valence-corrected chi connectivity index (χ0v) is 11.3. The summed E-state index contributed by atoms with van der Waals surface area (Å²) in [6.07, 6.45) is 0. The smallest absolute Gasteiger partial charge is 0.377 e. The van der Waals surface area contributed by atoms with E-state index in [0.717, 1.165) is 22.8 Å². The fourth-order valence-electron chi connectivity index (χ4n) is 1.71. The molecule has 0 amide bonds. The minimum atomic E-state index is -0.430. The number of oxazole rings is 1. The molecule has 0 N–H and O–H groups in total. The summed E-state index contributed by atoms with van der Waals surface area (Å²) in [4.78, 5) is 15.9. The first-order chi connectivity index (χ1) is 9.81. The Hall–Kier alpha value is -2.27. The molecule has 0 aliphatic carbocycles. The van der Waals surface area contributed by atoms with Crippen LogP contribution in [0.25, 0.3) is 11.1 Å². The van der Waals surface area contributed by atoms with Crippen molar-refractivity contribution < 1.29 is 13.9 Å². The molecule has 0 spiro atoms. The van der Waals surface area contributed by atoms with Crippen LogP contribution in [0.15, 0.2) is 64.2 Å². The van der Waals surface area contributed by atoms with Crippen molar-refractivity contribution in [3.05, 3.63) is 60.2 Å². The number of fused-ring (bicyclic) bond motifs is 1. The molecule has 1 heterocycles. The van der Waals surface area contributed by atoms with Crippen LogP contribution in [-0.4, -0.2) is 10.3 Å². The lowest BCUT2D eigenvalue weighted by molar-refractivity contribution is 0.168. The van der Waals surface area contributed by atoms with Crippen LogP contribution >= 0.6 is 11.8 Å². The first-order valence-electron chi connectivity index (χ1n) is 6.05. The van der Waals surface area contributed by atoms with Crippen LogP contribution in [-0.2, 0) is 11.3 Å². The summed E-state index contributed by atoms with van der Waals surface area (Å²) in [5.74, 6) is 0. The number of benzene rings is 2. The zero-order valence-electron chi connectivity index (χ0n) is 10.5. The van der Waals surface area contributed by atoms with E-state index in [2.05, 4.69) is 4.98 Å². The van der Waals surface area contributed by atoms with Crippen molar-refractivity contribution in [3.63, 3.8) is 0 Å². The van der Waals surface area contributed by atoms with E-state index in [1.807, 2.05) is 54.6 Å². The minimum absolute atomic E-state index is 0.243. The molecule has 0 atom stereocenters. The topological polar surface area (TPSA) is 52.3 Å². The SMILES string of the molecule is O=C(OCc1ccccc1)Sc1nc2ccccc2o1. The van der Waals surface area contributed by atoms with E-state index in [1.54, 1.807) is 0 Å². The fourth-order valence-corrected chi connectivity index (χ4v) is 2.25. The van der Waals surface area contributed by atoms with E-state index in [1.165, 1.54) is 0 Å². The molecule has 20 heavy (non-hydrogen) atoms. The van der Waals surface area contributed by atoms with Crippen molar-refractivity contribution in [3.8, 4) is 0 Å². The molecule has 100 valence electrons. The number of carbonyl (C=O) groups is 1. The average molecular weight is 285 g/mol. The first kappa shape index (κ1) is 12.7. The summed E-state index contributed by atoms with van der Waals surface area (Å²) in [5.41, 5.74) is 2.33. The summed E-state index contributed by atoms with van der Waals surface area (Å²) in [5, 5.41) is -0.135. The van der Waals surface area contributed by atoms with Crippen molar-refractivity contribution in [1.82, 2.24) is 4.98 Å². The number of rotatable bonds is 3. The highest BCUT2D eigenvalue weighted by atomic mass is 32.2. The van der Waals surface area contributed by atoms with E-state index in [4.69, 9.17) is 9.15 Å². The summed E-state index contributed by atoms with van der Waals surface area (Å²) in [7, 11) is 0. The summed E-state index contributed by atoms with van der Waals surface area (Å²) >= 11 is 0.850. The molecule has 2 aromatic carbocycles. The quantitative estimate of drug-likeness (QED) is 0.531. The molecule has 0 unspecified atom stereocenters. The predicted octanol–water partition coefficient (Wildman–Crippen LogP) is 4.26. The molecular weight excluding hydrogens is 274 g/mol. The number of nitrogens with zero attached hydrogens (tertiary/aromatic N) is 1. The normalized spacial score (nSPS) is 10.6. The van der Waals surface area contributed by atoms with Crippen LogP contribution in [0.5, 0.6) is 0 Å². The van der Waals surface area contributed by atoms with Crippen LogP contribution in [0.1, 0.15) is 5.56 Å². The van der Waals surface area contributed by atoms with Crippen molar-refractivity contribution in [2.24, 2.45) is 0 Å². The summed E-state index contributed by atoms with van der Waals surface area (Å²) in [6, 6.07) is 16.9. The molecule has 1 aromatic heterocycles. The Labute approximate surface area is 119 Å².